The number of imidazole rings is 1. The quantitative estimate of drug-likeness (QED) is 0.715. The molecule has 0 saturated carbocycles. The normalized spacial score (nSPS) is 15.2. The standard InChI is InChI=1S/C16H16FN5OS/c1-11-14(22-16(19-11)24-10-18-22)15(23)21-8-6-20(7-9-21)13-5-3-2-4-12(13)17/h2-5,10H,6-9H2,1H3. The van der Waals surface area contributed by atoms with E-state index >= 15 is 0 Å². The number of amides is 1. The fourth-order valence-corrected chi connectivity index (χ4v) is 3.71. The molecule has 0 unspecified atom stereocenters. The summed E-state index contributed by atoms with van der Waals surface area (Å²) in [6.07, 6.45) is 0. The summed E-state index contributed by atoms with van der Waals surface area (Å²) in [5.41, 5.74) is 3.47. The fraction of sp³-hybridized carbons (Fsp3) is 0.312. The molecule has 0 spiro atoms. The maximum absolute atomic E-state index is 13.9. The number of halogens is 1. The van der Waals surface area contributed by atoms with E-state index in [2.05, 4.69) is 10.1 Å². The van der Waals surface area contributed by atoms with Gasteiger partial charge in [-0.2, -0.15) is 9.61 Å². The zero-order chi connectivity index (χ0) is 16.7. The molecule has 1 aliphatic rings. The average Bonchev–Trinajstić information content (AvgIpc) is 3.15. The molecule has 0 radical (unpaired) electrons. The Labute approximate surface area is 142 Å². The number of fused-ring (bicyclic) bond motifs is 1. The van der Waals surface area contributed by atoms with Gasteiger partial charge in [0.05, 0.1) is 11.4 Å². The third-order valence-electron chi connectivity index (χ3n) is 4.28. The van der Waals surface area contributed by atoms with Crippen molar-refractivity contribution in [1.82, 2.24) is 19.5 Å². The summed E-state index contributed by atoms with van der Waals surface area (Å²) in [7, 11) is 0. The van der Waals surface area contributed by atoms with Crippen LogP contribution in [0.1, 0.15) is 16.2 Å². The number of benzene rings is 1. The summed E-state index contributed by atoms with van der Waals surface area (Å²) in [5, 5.41) is 4.19. The van der Waals surface area contributed by atoms with Crippen LogP contribution in [0, 0.1) is 12.7 Å². The highest BCUT2D eigenvalue weighted by molar-refractivity contribution is 7.14. The average molecular weight is 345 g/mol. The van der Waals surface area contributed by atoms with Crippen molar-refractivity contribution in [2.45, 2.75) is 6.92 Å². The second-order valence-electron chi connectivity index (χ2n) is 5.71. The number of aryl methyl sites for hydroxylation is 1. The Morgan fingerprint density at radius 3 is 2.71 bits per heavy atom. The zero-order valence-corrected chi connectivity index (χ0v) is 14.0. The van der Waals surface area contributed by atoms with Gasteiger partial charge in [0.1, 0.15) is 11.3 Å². The molecular weight excluding hydrogens is 329 g/mol. The number of carbonyl (C=O) groups excluding carboxylic acids is 1. The number of carbonyl (C=O) groups is 1. The van der Waals surface area contributed by atoms with Crippen molar-refractivity contribution in [3.05, 3.63) is 47.0 Å². The molecule has 124 valence electrons. The van der Waals surface area contributed by atoms with Gasteiger partial charge in [0.25, 0.3) is 5.91 Å². The molecule has 4 rings (SSSR count). The van der Waals surface area contributed by atoms with E-state index in [4.69, 9.17) is 0 Å². The number of hydrogen-bond acceptors (Lipinski definition) is 5. The van der Waals surface area contributed by atoms with E-state index in [1.165, 1.54) is 17.4 Å². The third-order valence-corrected chi connectivity index (χ3v) is 4.96. The Morgan fingerprint density at radius 1 is 1.21 bits per heavy atom. The number of rotatable bonds is 2. The van der Waals surface area contributed by atoms with Crippen LogP contribution in [0.15, 0.2) is 29.8 Å². The molecule has 6 nitrogen and oxygen atoms in total. The smallest absolute Gasteiger partial charge is 0.274 e. The summed E-state index contributed by atoms with van der Waals surface area (Å²) in [4.78, 5) is 21.7. The maximum atomic E-state index is 13.9. The molecule has 3 aromatic rings. The lowest BCUT2D eigenvalue weighted by molar-refractivity contribution is 0.0737. The highest BCUT2D eigenvalue weighted by atomic mass is 32.1. The summed E-state index contributed by atoms with van der Waals surface area (Å²) in [6.45, 7) is 4.12. The van der Waals surface area contributed by atoms with E-state index in [9.17, 15) is 9.18 Å². The van der Waals surface area contributed by atoms with Crippen LogP contribution < -0.4 is 4.90 Å². The van der Waals surface area contributed by atoms with E-state index < -0.39 is 0 Å². The molecule has 8 heteroatoms. The van der Waals surface area contributed by atoms with Crippen molar-refractivity contribution in [1.29, 1.82) is 0 Å². The number of para-hydroxylation sites is 1. The van der Waals surface area contributed by atoms with Gasteiger partial charge in [0, 0.05) is 26.2 Å². The molecule has 0 N–H and O–H groups in total. The van der Waals surface area contributed by atoms with Crippen molar-refractivity contribution in [2.24, 2.45) is 0 Å². The van der Waals surface area contributed by atoms with Gasteiger partial charge in [-0.05, 0) is 19.1 Å². The highest BCUT2D eigenvalue weighted by Gasteiger charge is 2.27. The highest BCUT2D eigenvalue weighted by Crippen LogP contribution is 2.22. The molecule has 1 saturated heterocycles. The van der Waals surface area contributed by atoms with Crippen molar-refractivity contribution in [2.75, 3.05) is 31.1 Å². The zero-order valence-electron chi connectivity index (χ0n) is 13.1. The van der Waals surface area contributed by atoms with E-state index in [1.807, 2.05) is 17.9 Å². The van der Waals surface area contributed by atoms with E-state index in [1.54, 1.807) is 27.1 Å². The topological polar surface area (TPSA) is 53.7 Å². The number of aromatic nitrogens is 3. The molecule has 0 aliphatic carbocycles. The van der Waals surface area contributed by atoms with Gasteiger partial charge < -0.3 is 9.80 Å². The number of anilines is 1. The molecule has 1 amide bonds. The third kappa shape index (κ3) is 2.43. The van der Waals surface area contributed by atoms with Crippen LogP contribution in [0.4, 0.5) is 10.1 Å². The summed E-state index contributed by atoms with van der Waals surface area (Å²) >= 11 is 1.41. The van der Waals surface area contributed by atoms with Crippen LogP contribution >= 0.6 is 11.3 Å². The van der Waals surface area contributed by atoms with Crippen molar-refractivity contribution in [3.8, 4) is 0 Å². The van der Waals surface area contributed by atoms with Crippen molar-refractivity contribution < 1.29 is 9.18 Å². The second kappa shape index (κ2) is 5.86. The van der Waals surface area contributed by atoms with E-state index in [-0.39, 0.29) is 11.7 Å². The predicted octanol–water partition coefficient (Wildman–Crippen LogP) is 2.20. The minimum absolute atomic E-state index is 0.0703. The van der Waals surface area contributed by atoms with Crippen LogP contribution in [0.5, 0.6) is 0 Å². The number of piperazine rings is 1. The minimum atomic E-state index is -0.229. The second-order valence-corrected chi connectivity index (χ2v) is 6.52. The van der Waals surface area contributed by atoms with Gasteiger partial charge >= 0.3 is 0 Å². The molecule has 0 atom stereocenters. The van der Waals surface area contributed by atoms with Crippen LogP contribution in [-0.4, -0.2) is 51.6 Å². The molecule has 1 aromatic carbocycles. The maximum Gasteiger partial charge on any atom is 0.274 e. The van der Waals surface area contributed by atoms with Gasteiger partial charge in [-0.1, -0.05) is 23.5 Å². The Hall–Kier alpha value is -2.48. The molecule has 24 heavy (non-hydrogen) atoms. The lowest BCUT2D eigenvalue weighted by Gasteiger charge is -2.36. The molecule has 2 aromatic heterocycles. The predicted molar refractivity (Wildman–Crippen MR) is 90.1 cm³/mol. The van der Waals surface area contributed by atoms with Gasteiger partial charge in [-0.25, -0.2) is 9.37 Å². The first-order valence-electron chi connectivity index (χ1n) is 7.73. The van der Waals surface area contributed by atoms with Crippen molar-refractivity contribution >= 4 is 27.9 Å². The van der Waals surface area contributed by atoms with Crippen LogP contribution in [0.3, 0.4) is 0 Å². The van der Waals surface area contributed by atoms with Gasteiger partial charge in [0.2, 0.25) is 4.96 Å². The monoisotopic (exact) mass is 345 g/mol. The minimum Gasteiger partial charge on any atom is -0.366 e. The first-order valence-corrected chi connectivity index (χ1v) is 8.60. The number of hydrogen-bond donors (Lipinski definition) is 0. The Balaban J connectivity index is 1.52. The molecular formula is C16H16FN5OS. The van der Waals surface area contributed by atoms with E-state index in [0.29, 0.717) is 43.3 Å². The fourth-order valence-electron chi connectivity index (χ4n) is 3.05. The molecule has 1 aliphatic heterocycles. The Bertz CT molecular complexity index is 897. The van der Waals surface area contributed by atoms with Crippen LogP contribution in [0.25, 0.3) is 4.96 Å². The van der Waals surface area contributed by atoms with Crippen molar-refractivity contribution in [3.63, 3.8) is 0 Å². The largest absolute Gasteiger partial charge is 0.366 e. The first kappa shape index (κ1) is 15.1. The van der Waals surface area contributed by atoms with E-state index in [0.717, 1.165) is 4.96 Å². The summed E-state index contributed by atoms with van der Waals surface area (Å²) < 4.78 is 15.5. The molecule has 1 fully saturated rings. The lowest BCUT2D eigenvalue weighted by atomic mass is 10.2. The summed E-state index contributed by atoms with van der Waals surface area (Å²) in [6, 6.07) is 6.74. The summed E-state index contributed by atoms with van der Waals surface area (Å²) in [5.74, 6) is -0.299. The first-order chi connectivity index (χ1) is 11.6. The number of nitrogens with zero attached hydrogens (tertiary/aromatic N) is 5. The molecule has 0 bridgehead atoms. The van der Waals surface area contributed by atoms with Gasteiger partial charge in [-0.15, -0.1) is 0 Å². The Kier molecular flexibility index (Phi) is 3.68. The lowest BCUT2D eigenvalue weighted by Crippen LogP contribution is -2.49. The van der Waals surface area contributed by atoms with Crippen LogP contribution in [0.2, 0.25) is 0 Å². The Morgan fingerprint density at radius 2 is 1.96 bits per heavy atom. The van der Waals surface area contributed by atoms with Gasteiger partial charge in [0.15, 0.2) is 5.69 Å². The molecule has 3 heterocycles. The van der Waals surface area contributed by atoms with Gasteiger partial charge in [-0.3, -0.25) is 4.79 Å². The SMILES string of the molecule is Cc1nc2scnn2c1C(=O)N1CCN(c2ccccc2F)CC1. The van der Waals surface area contributed by atoms with Crippen LogP contribution in [-0.2, 0) is 0 Å².